The molecule has 1 saturated carbocycles. The molecule has 0 spiro atoms. The van der Waals surface area contributed by atoms with Crippen LogP contribution in [0, 0.1) is 0 Å². The fraction of sp³-hybridized carbons (Fsp3) is 0.500. The van der Waals surface area contributed by atoms with Crippen LogP contribution in [0.2, 0.25) is 0 Å². The highest BCUT2D eigenvalue weighted by Crippen LogP contribution is 2.34. The molecule has 1 aliphatic carbocycles. The van der Waals surface area contributed by atoms with Crippen molar-refractivity contribution in [3.63, 3.8) is 0 Å². The maximum Gasteiger partial charge on any atom is 0.238 e. The standard InChI is InChI=1S/C14H18N2O3/c1-14(4-5-14)15-9-13(17)16-10-2-3-11-12(8-10)19-7-6-18-11/h2-3,8,15H,4-7,9H2,1H3,(H,16,17). The van der Waals surface area contributed by atoms with Crippen LogP contribution in [0.25, 0.3) is 0 Å². The Morgan fingerprint density at radius 2 is 2.00 bits per heavy atom. The predicted octanol–water partition coefficient (Wildman–Crippen LogP) is 1.54. The maximum atomic E-state index is 11.8. The second-order valence-corrected chi connectivity index (χ2v) is 5.32. The largest absolute Gasteiger partial charge is 0.486 e. The summed E-state index contributed by atoms with van der Waals surface area (Å²) in [7, 11) is 0. The molecule has 1 aromatic carbocycles. The van der Waals surface area contributed by atoms with Crippen molar-refractivity contribution in [3.8, 4) is 11.5 Å². The summed E-state index contributed by atoms with van der Waals surface area (Å²) in [5, 5.41) is 6.10. The summed E-state index contributed by atoms with van der Waals surface area (Å²) >= 11 is 0. The van der Waals surface area contributed by atoms with Crippen molar-refractivity contribution in [1.82, 2.24) is 5.32 Å². The summed E-state index contributed by atoms with van der Waals surface area (Å²) in [5.74, 6) is 1.38. The van der Waals surface area contributed by atoms with E-state index in [1.165, 1.54) is 0 Å². The first kappa shape index (κ1) is 12.3. The summed E-state index contributed by atoms with van der Waals surface area (Å²) in [6.45, 7) is 3.58. The van der Waals surface area contributed by atoms with Crippen molar-refractivity contribution >= 4 is 11.6 Å². The first-order chi connectivity index (χ1) is 9.15. The second-order valence-electron chi connectivity index (χ2n) is 5.32. The highest BCUT2D eigenvalue weighted by atomic mass is 16.6. The normalized spacial score (nSPS) is 18.8. The van der Waals surface area contributed by atoms with Crippen molar-refractivity contribution < 1.29 is 14.3 Å². The number of ether oxygens (including phenoxy) is 2. The highest BCUT2D eigenvalue weighted by molar-refractivity contribution is 5.92. The van der Waals surface area contributed by atoms with Gasteiger partial charge in [0.25, 0.3) is 0 Å². The zero-order chi connectivity index (χ0) is 13.3. The number of anilines is 1. The predicted molar refractivity (Wildman–Crippen MR) is 71.7 cm³/mol. The van der Waals surface area contributed by atoms with E-state index < -0.39 is 0 Å². The van der Waals surface area contributed by atoms with Gasteiger partial charge in [0.15, 0.2) is 11.5 Å². The number of carbonyl (C=O) groups is 1. The molecule has 5 nitrogen and oxygen atoms in total. The Labute approximate surface area is 112 Å². The van der Waals surface area contributed by atoms with E-state index in [0.717, 1.165) is 24.3 Å². The van der Waals surface area contributed by atoms with Crippen molar-refractivity contribution in [2.45, 2.75) is 25.3 Å². The van der Waals surface area contributed by atoms with Gasteiger partial charge in [-0.3, -0.25) is 4.79 Å². The quantitative estimate of drug-likeness (QED) is 0.864. The number of rotatable bonds is 4. The van der Waals surface area contributed by atoms with Crippen LogP contribution in [0.15, 0.2) is 18.2 Å². The minimum Gasteiger partial charge on any atom is -0.486 e. The van der Waals surface area contributed by atoms with Crippen LogP contribution in [0.5, 0.6) is 11.5 Å². The van der Waals surface area contributed by atoms with Gasteiger partial charge in [-0.2, -0.15) is 0 Å². The first-order valence-corrected chi connectivity index (χ1v) is 6.59. The van der Waals surface area contributed by atoms with Crippen molar-refractivity contribution in [1.29, 1.82) is 0 Å². The zero-order valence-electron chi connectivity index (χ0n) is 11.0. The Kier molecular flexibility index (Phi) is 3.06. The van der Waals surface area contributed by atoms with Gasteiger partial charge in [0.1, 0.15) is 13.2 Å². The molecule has 1 aromatic rings. The molecule has 102 valence electrons. The fourth-order valence-electron chi connectivity index (χ4n) is 1.98. The van der Waals surface area contributed by atoms with Gasteiger partial charge in [-0.25, -0.2) is 0 Å². The van der Waals surface area contributed by atoms with Gasteiger partial charge >= 0.3 is 0 Å². The zero-order valence-corrected chi connectivity index (χ0v) is 11.0. The number of hydrogen-bond donors (Lipinski definition) is 2. The van der Waals surface area contributed by atoms with E-state index in [-0.39, 0.29) is 11.4 Å². The molecule has 1 amide bonds. The molecule has 19 heavy (non-hydrogen) atoms. The van der Waals surface area contributed by atoms with Crippen LogP contribution < -0.4 is 20.1 Å². The van der Waals surface area contributed by atoms with E-state index in [1.807, 2.05) is 12.1 Å². The van der Waals surface area contributed by atoms with Crippen LogP contribution in [-0.2, 0) is 4.79 Å². The molecule has 0 unspecified atom stereocenters. The van der Waals surface area contributed by atoms with E-state index >= 15 is 0 Å². The SMILES string of the molecule is CC1(NCC(=O)Nc2ccc3c(c2)OCCO3)CC1. The smallest absolute Gasteiger partial charge is 0.238 e. The molecule has 1 heterocycles. The average molecular weight is 262 g/mol. The molecular weight excluding hydrogens is 244 g/mol. The average Bonchev–Trinajstić information content (AvgIpc) is 3.15. The van der Waals surface area contributed by atoms with Gasteiger partial charge in [0.2, 0.25) is 5.91 Å². The molecule has 0 radical (unpaired) electrons. The van der Waals surface area contributed by atoms with Crippen LogP contribution in [0.4, 0.5) is 5.69 Å². The molecule has 0 bridgehead atoms. The Morgan fingerprint density at radius 1 is 1.26 bits per heavy atom. The number of amides is 1. The van der Waals surface area contributed by atoms with Crippen molar-refractivity contribution in [2.24, 2.45) is 0 Å². The number of carbonyl (C=O) groups excluding carboxylic acids is 1. The van der Waals surface area contributed by atoms with E-state index in [0.29, 0.717) is 25.5 Å². The maximum absolute atomic E-state index is 11.8. The minimum atomic E-state index is -0.0372. The van der Waals surface area contributed by atoms with Gasteiger partial charge in [0.05, 0.1) is 6.54 Å². The van der Waals surface area contributed by atoms with Crippen molar-refractivity contribution in [3.05, 3.63) is 18.2 Å². The molecule has 1 fully saturated rings. The monoisotopic (exact) mass is 262 g/mol. The second kappa shape index (κ2) is 4.74. The van der Waals surface area contributed by atoms with Gasteiger partial charge in [-0.1, -0.05) is 0 Å². The molecule has 5 heteroatoms. The van der Waals surface area contributed by atoms with Crippen LogP contribution in [-0.4, -0.2) is 31.2 Å². The lowest BCUT2D eigenvalue weighted by atomic mass is 10.2. The lowest BCUT2D eigenvalue weighted by Gasteiger charge is -2.19. The molecule has 2 N–H and O–H groups in total. The highest BCUT2D eigenvalue weighted by Gasteiger charge is 2.36. The third kappa shape index (κ3) is 2.98. The lowest BCUT2D eigenvalue weighted by molar-refractivity contribution is -0.115. The minimum absolute atomic E-state index is 0.0372. The number of benzene rings is 1. The Balaban J connectivity index is 1.58. The van der Waals surface area contributed by atoms with Gasteiger partial charge in [-0.15, -0.1) is 0 Å². The summed E-state index contributed by atoms with van der Waals surface area (Å²) in [6, 6.07) is 5.44. The van der Waals surface area contributed by atoms with E-state index in [1.54, 1.807) is 6.07 Å². The lowest BCUT2D eigenvalue weighted by Crippen LogP contribution is -2.35. The van der Waals surface area contributed by atoms with E-state index in [4.69, 9.17) is 9.47 Å². The summed E-state index contributed by atoms with van der Waals surface area (Å²) in [6.07, 6.45) is 2.29. The molecular formula is C14H18N2O3. The topological polar surface area (TPSA) is 59.6 Å². The Bertz CT molecular complexity index is 497. The number of nitrogens with one attached hydrogen (secondary N) is 2. The van der Waals surface area contributed by atoms with Gasteiger partial charge in [0, 0.05) is 17.3 Å². The summed E-state index contributed by atoms with van der Waals surface area (Å²) < 4.78 is 10.9. The molecule has 0 saturated heterocycles. The molecule has 0 aromatic heterocycles. The summed E-state index contributed by atoms with van der Waals surface area (Å²) in [4.78, 5) is 11.8. The number of fused-ring (bicyclic) bond motifs is 1. The third-order valence-corrected chi connectivity index (χ3v) is 3.50. The molecule has 0 atom stereocenters. The van der Waals surface area contributed by atoms with Crippen LogP contribution >= 0.6 is 0 Å². The fourth-order valence-corrected chi connectivity index (χ4v) is 1.98. The molecule has 3 rings (SSSR count). The van der Waals surface area contributed by atoms with Crippen molar-refractivity contribution in [2.75, 3.05) is 25.1 Å². The van der Waals surface area contributed by atoms with Crippen LogP contribution in [0.3, 0.4) is 0 Å². The van der Waals surface area contributed by atoms with Gasteiger partial charge < -0.3 is 20.1 Å². The number of hydrogen-bond acceptors (Lipinski definition) is 4. The third-order valence-electron chi connectivity index (χ3n) is 3.50. The summed E-state index contributed by atoms with van der Waals surface area (Å²) in [5.41, 5.74) is 0.904. The Morgan fingerprint density at radius 3 is 2.74 bits per heavy atom. The van der Waals surface area contributed by atoms with Crippen LogP contribution in [0.1, 0.15) is 19.8 Å². The van der Waals surface area contributed by atoms with E-state index in [9.17, 15) is 4.79 Å². The Hall–Kier alpha value is -1.75. The first-order valence-electron chi connectivity index (χ1n) is 6.59. The molecule has 1 aliphatic heterocycles. The van der Waals surface area contributed by atoms with Gasteiger partial charge in [-0.05, 0) is 31.9 Å². The van der Waals surface area contributed by atoms with E-state index in [2.05, 4.69) is 17.6 Å². The molecule has 2 aliphatic rings.